The molecule has 0 saturated heterocycles. The molecule has 0 aliphatic heterocycles. The monoisotopic (exact) mass is 476 g/mol. The number of hydrogen-bond donors (Lipinski definition) is 3. The number of amides is 2. The molecule has 0 saturated carbocycles. The van der Waals surface area contributed by atoms with E-state index >= 15 is 0 Å². The SMILES string of the molecule is CC(=O)Nc1ccc(C(C)c2nc(C(=O)Nc3c(C)cccc3C)cc3c2[nH]c2ccccc23)cc1. The van der Waals surface area contributed by atoms with Crippen molar-refractivity contribution < 1.29 is 9.59 Å². The number of anilines is 2. The Morgan fingerprint density at radius 3 is 2.25 bits per heavy atom. The van der Waals surface area contributed by atoms with Crippen LogP contribution in [0.4, 0.5) is 11.4 Å². The van der Waals surface area contributed by atoms with Crippen LogP contribution in [0, 0.1) is 13.8 Å². The second-order valence-electron chi connectivity index (χ2n) is 9.23. The lowest BCUT2D eigenvalue weighted by Crippen LogP contribution is -2.17. The topological polar surface area (TPSA) is 86.9 Å². The molecule has 1 atom stereocenters. The highest BCUT2D eigenvalue weighted by Crippen LogP contribution is 2.34. The van der Waals surface area contributed by atoms with Gasteiger partial charge in [0.2, 0.25) is 5.91 Å². The number of H-pyrrole nitrogens is 1. The highest BCUT2D eigenvalue weighted by molar-refractivity contribution is 6.12. The molecule has 2 aromatic heterocycles. The number of carbonyl (C=O) groups excluding carboxylic acids is 2. The molecule has 5 aromatic rings. The molecule has 0 aliphatic carbocycles. The largest absolute Gasteiger partial charge is 0.353 e. The second-order valence-corrected chi connectivity index (χ2v) is 9.23. The van der Waals surface area contributed by atoms with E-state index in [0.717, 1.165) is 55.6 Å². The number of para-hydroxylation sites is 2. The fourth-order valence-electron chi connectivity index (χ4n) is 4.71. The molecule has 180 valence electrons. The Morgan fingerprint density at radius 1 is 0.861 bits per heavy atom. The smallest absolute Gasteiger partial charge is 0.274 e. The molecule has 0 spiro atoms. The van der Waals surface area contributed by atoms with Crippen molar-refractivity contribution in [1.82, 2.24) is 9.97 Å². The first-order chi connectivity index (χ1) is 17.3. The molecule has 0 aliphatic rings. The van der Waals surface area contributed by atoms with Gasteiger partial charge in [-0.05, 0) is 54.8 Å². The van der Waals surface area contributed by atoms with Crippen LogP contribution >= 0.6 is 0 Å². The number of aromatic amines is 1. The van der Waals surface area contributed by atoms with Crippen LogP contribution in [0.25, 0.3) is 21.8 Å². The van der Waals surface area contributed by atoms with E-state index < -0.39 is 0 Å². The van der Waals surface area contributed by atoms with Gasteiger partial charge < -0.3 is 15.6 Å². The lowest BCUT2D eigenvalue weighted by atomic mass is 9.95. The minimum absolute atomic E-state index is 0.0973. The minimum Gasteiger partial charge on any atom is -0.353 e. The van der Waals surface area contributed by atoms with Gasteiger partial charge in [-0.15, -0.1) is 0 Å². The van der Waals surface area contributed by atoms with Crippen molar-refractivity contribution in [2.45, 2.75) is 33.6 Å². The average Bonchev–Trinajstić information content (AvgIpc) is 3.24. The van der Waals surface area contributed by atoms with E-state index in [1.807, 2.05) is 80.6 Å². The zero-order valence-corrected chi connectivity index (χ0v) is 20.8. The lowest BCUT2D eigenvalue weighted by Gasteiger charge is -2.16. The molecule has 5 rings (SSSR count). The Balaban J connectivity index is 1.61. The highest BCUT2D eigenvalue weighted by Gasteiger charge is 2.21. The number of pyridine rings is 1. The summed E-state index contributed by atoms with van der Waals surface area (Å²) in [5.74, 6) is -0.450. The van der Waals surface area contributed by atoms with Gasteiger partial charge in [-0.2, -0.15) is 0 Å². The summed E-state index contributed by atoms with van der Waals surface area (Å²) in [7, 11) is 0. The molecule has 0 radical (unpaired) electrons. The number of nitrogens with one attached hydrogen (secondary N) is 3. The molecule has 6 nitrogen and oxygen atoms in total. The number of carbonyl (C=O) groups is 2. The molecule has 0 fully saturated rings. The zero-order chi connectivity index (χ0) is 25.4. The summed E-state index contributed by atoms with van der Waals surface area (Å²) in [6.07, 6.45) is 0. The molecule has 2 heterocycles. The minimum atomic E-state index is -0.242. The number of aromatic nitrogens is 2. The van der Waals surface area contributed by atoms with Crippen LogP contribution < -0.4 is 10.6 Å². The van der Waals surface area contributed by atoms with Gasteiger partial charge in [-0.3, -0.25) is 9.59 Å². The third-order valence-corrected chi connectivity index (χ3v) is 6.62. The van der Waals surface area contributed by atoms with Gasteiger partial charge >= 0.3 is 0 Å². The fraction of sp³-hybridized carbons (Fsp3) is 0.167. The maximum atomic E-state index is 13.5. The molecule has 0 bridgehead atoms. The van der Waals surface area contributed by atoms with Crippen LogP contribution in [0.3, 0.4) is 0 Å². The van der Waals surface area contributed by atoms with Gasteiger partial charge in [-0.1, -0.05) is 55.5 Å². The Hall–Kier alpha value is -4.45. The van der Waals surface area contributed by atoms with Gasteiger partial charge in [0.05, 0.1) is 11.2 Å². The fourth-order valence-corrected chi connectivity index (χ4v) is 4.71. The number of benzene rings is 3. The van der Waals surface area contributed by atoms with Crippen LogP contribution in [0.1, 0.15) is 52.6 Å². The summed E-state index contributed by atoms with van der Waals surface area (Å²) < 4.78 is 0. The van der Waals surface area contributed by atoms with E-state index in [-0.39, 0.29) is 17.7 Å². The predicted octanol–water partition coefficient (Wildman–Crippen LogP) is 6.70. The summed E-state index contributed by atoms with van der Waals surface area (Å²) in [6, 6.07) is 23.6. The molecule has 2 amide bonds. The molecule has 3 N–H and O–H groups in total. The Morgan fingerprint density at radius 2 is 1.56 bits per heavy atom. The van der Waals surface area contributed by atoms with E-state index in [9.17, 15) is 9.59 Å². The predicted molar refractivity (Wildman–Crippen MR) is 146 cm³/mol. The Labute approximate surface area is 209 Å². The standard InChI is InChI=1S/C30H28N4O2/c1-17-8-7-9-18(2)27(17)34-30(36)26-16-24-23-10-5-6-11-25(23)32-29(24)28(33-26)19(3)21-12-14-22(15-13-21)31-20(4)35/h5-16,19,32H,1-4H3,(H,31,35)(H,34,36). The quantitative estimate of drug-likeness (QED) is 0.264. The van der Waals surface area contributed by atoms with Crippen molar-refractivity contribution in [1.29, 1.82) is 0 Å². The summed E-state index contributed by atoms with van der Waals surface area (Å²) in [4.78, 5) is 33.3. The first kappa shape index (κ1) is 23.3. The average molecular weight is 477 g/mol. The molecule has 36 heavy (non-hydrogen) atoms. The van der Waals surface area contributed by atoms with Gasteiger partial charge in [0.1, 0.15) is 5.69 Å². The van der Waals surface area contributed by atoms with Crippen molar-refractivity contribution in [2.75, 3.05) is 10.6 Å². The molecular formula is C30H28N4O2. The van der Waals surface area contributed by atoms with E-state index in [2.05, 4.69) is 28.6 Å². The van der Waals surface area contributed by atoms with Gasteiger partial charge in [-0.25, -0.2) is 4.98 Å². The number of nitrogens with zero attached hydrogens (tertiary/aromatic N) is 1. The van der Waals surface area contributed by atoms with Crippen molar-refractivity contribution in [3.8, 4) is 0 Å². The lowest BCUT2D eigenvalue weighted by molar-refractivity contribution is -0.114. The summed E-state index contributed by atoms with van der Waals surface area (Å²) in [6.45, 7) is 7.53. The van der Waals surface area contributed by atoms with E-state index in [1.165, 1.54) is 6.92 Å². The highest BCUT2D eigenvalue weighted by atomic mass is 16.2. The summed E-state index contributed by atoms with van der Waals surface area (Å²) in [5.41, 5.74) is 7.66. The number of hydrogen-bond acceptors (Lipinski definition) is 3. The molecular weight excluding hydrogens is 448 g/mol. The van der Waals surface area contributed by atoms with Crippen LogP contribution in [0.5, 0.6) is 0 Å². The summed E-state index contributed by atoms with van der Waals surface area (Å²) in [5, 5.41) is 7.89. The van der Waals surface area contributed by atoms with Crippen LogP contribution in [-0.4, -0.2) is 21.8 Å². The molecule has 3 aromatic carbocycles. The number of fused-ring (bicyclic) bond motifs is 3. The van der Waals surface area contributed by atoms with Crippen molar-refractivity contribution >= 4 is 45.0 Å². The van der Waals surface area contributed by atoms with Crippen LogP contribution in [-0.2, 0) is 4.79 Å². The maximum Gasteiger partial charge on any atom is 0.274 e. The molecule has 1 unspecified atom stereocenters. The van der Waals surface area contributed by atoms with Gasteiger partial charge in [0.15, 0.2) is 0 Å². The van der Waals surface area contributed by atoms with Crippen molar-refractivity contribution in [3.63, 3.8) is 0 Å². The van der Waals surface area contributed by atoms with Crippen molar-refractivity contribution in [3.05, 3.63) is 101 Å². The van der Waals surface area contributed by atoms with Crippen LogP contribution in [0.2, 0.25) is 0 Å². The van der Waals surface area contributed by atoms with E-state index in [0.29, 0.717) is 5.69 Å². The first-order valence-electron chi connectivity index (χ1n) is 12.0. The van der Waals surface area contributed by atoms with E-state index in [4.69, 9.17) is 4.98 Å². The van der Waals surface area contributed by atoms with Crippen molar-refractivity contribution in [2.24, 2.45) is 0 Å². The summed E-state index contributed by atoms with van der Waals surface area (Å²) >= 11 is 0. The third-order valence-electron chi connectivity index (χ3n) is 6.62. The van der Waals surface area contributed by atoms with Crippen LogP contribution in [0.15, 0.2) is 72.8 Å². The van der Waals surface area contributed by atoms with Gasteiger partial charge in [0, 0.05) is 40.5 Å². The second kappa shape index (κ2) is 9.30. The third kappa shape index (κ3) is 4.33. The Kier molecular flexibility index (Phi) is 6.02. The number of rotatable bonds is 5. The normalized spacial score (nSPS) is 12.0. The number of aryl methyl sites for hydroxylation is 2. The first-order valence-corrected chi connectivity index (χ1v) is 12.0. The Bertz CT molecular complexity index is 1600. The maximum absolute atomic E-state index is 13.5. The molecule has 6 heteroatoms. The van der Waals surface area contributed by atoms with Gasteiger partial charge in [0.25, 0.3) is 5.91 Å². The zero-order valence-electron chi connectivity index (χ0n) is 20.8. The van der Waals surface area contributed by atoms with E-state index in [1.54, 1.807) is 0 Å².